The number of nitrogens with zero attached hydrogens (tertiary/aromatic N) is 2. The van der Waals surface area contributed by atoms with Crippen LogP contribution in [0.1, 0.15) is 24.2 Å². The van der Waals surface area contributed by atoms with Gasteiger partial charge in [0.15, 0.2) is 0 Å². The first-order valence-corrected chi connectivity index (χ1v) is 9.54. The molecule has 0 radical (unpaired) electrons. The Bertz CT molecular complexity index is 1000. The van der Waals surface area contributed by atoms with Gasteiger partial charge in [0.1, 0.15) is 11.9 Å². The van der Waals surface area contributed by atoms with Crippen LogP contribution < -0.4 is 10.9 Å². The fraction of sp³-hybridized carbons (Fsp3) is 0.381. The molecule has 1 aromatic heterocycles. The van der Waals surface area contributed by atoms with Gasteiger partial charge in [0.25, 0.3) is 5.56 Å². The zero-order valence-corrected chi connectivity index (χ0v) is 15.9. The van der Waals surface area contributed by atoms with Crippen molar-refractivity contribution in [3.05, 3.63) is 69.9 Å². The topological polar surface area (TPSA) is 91.6 Å². The zero-order chi connectivity index (χ0) is 20.7. The number of amides is 2. The van der Waals surface area contributed by atoms with Crippen LogP contribution in [-0.4, -0.2) is 39.0 Å². The fourth-order valence-corrected chi connectivity index (χ4v) is 4.70. The molecule has 2 aliphatic rings. The molecule has 1 fully saturated rings. The number of aliphatic hydroxyl groups excluding tert-OH is 1. The van der Waals surface area contributed by atoms with Crippen molar-refractivity contribution in [3.8, 4) is 0 Å². The Morgan fingerprint density at radius 3 is 2.59 bits per heavy atom. The second-order valence-electron chi connectivity index (χ2n) is 7.57. The largest absolute Gasteiger partial charge is 0.396 e. The predicted octanol–water partition coefficient (Wildman–Crippen LogP) is 0.814. The van der Waals surface area contributed by atoms with Crippen molar-refractivity contribution < 1.29 is 19.1 Å². The molecular formula is C21H22FN3O4. The number of benzene rings is 1. The van der Waals surface area contributed by atoms with Crippen LogP contribution in [0.4, 0.5) is 4.39 Å². The number of carbonyl (C=O) groups is 2. The third-order valence-corrected chi connectivity index (χ3v) is 5.96. The van der Waals surface area contributed by atoms with Crippen LogP contribution >= 0.6 is 0 Å². The molecule has 4 rings (SSSR count). The maximum atomic E-state index is 13.1. The van der Waals surface area contributed by atoms with Gasteiger partial charge in [-0.3, -0.25) is 14.4 Å². The van der Waals surface area contributed by atoms with Gasteiger partial charge in [0, 0.05) is 50.2 Å². The van der Waals surface area contributed by atoms with Crippen molar-refractivity contribution >= 4 is 11.8 Å². The molecule has 3 heterocycles. The molecule has 2 aromatic rings. The number of fused-ring (bicyclic) bond motifs is 3. The standard InChI is InChI=1S/C21H22FN3O4/c1-12(27)25-19-15(10-24-17(19)3-2-4-18(24)28)16(11-26)20(25)21(29)23-9-13-5-7-14(22)8-6-13/h2-8,15-16,19-20,26H,9-11H2,1H3,(H,23,29)/t15-,16-,19+,20-/m0/s1. The molecule has 152 valence electrons. The van der Waals surface area contributed by atoms with Crippen molar-refractivity contribution in [3.63, 3.8) is 0 Å². The summed E-state index contributed by atoms with van der Waals surface area (Å²) in [6, 6.07) is 9.41. The molecule has 1 aromatic carbocycles. The molecule has 2 amide bonds. The summed E-state index contributed by atoms with van der Waals surface area (Å²) in [4.78, 5) is 39.2. The summed E-state index contributed by atoms with van der Waals surface area (Å²) in [5.74, 6) is -1.73. The van der Waals surface area contributed by atoms with E-state index in [1.807, 2.05) is 0 Å². The van der Waals surface area contributed by atoms with E-state index in [1.165, 1.54) is 30.0 Å². The SMILES string of the molecule is CC(=O)N1[C@H](C(=O)NCc2ccc(F)cc2)[C@@H](CO)[C@@H]2Cn3c(cccc3=O)[C@@H]21. The third kappa shape index (κ3) is 3.23. The summed E-state index contributed by atoms with van der Waals surface area (Å²) in [5.41, 5.74) is 1.25. The van der Waals surface area contributed by atoms with Crippen molar-refractivity contribution in [2.75, 3.05) is 6.61 Å². The average Bonchev–Trinajstić information content (AvgIpc) is 3.22. The number of rotatable bonds is 4. The smallest absolute Gasteiger partial charge is 0.250 e. The summed E-state index contributed by atoms with van der Waals surface area (Å²) in [7, 11) is 0. The number of halogens is 1. The zero-order valence-electron chi connectivity index (χ0n) is 15.9. The molecule has 8 heteroatoms. The first-order chi connectivity index (χ1) is 13.9. The normalized spacial score (nSPS) is 24.9. The Hall–Kier alpha value is -3.00. The second-order valence-corrected chi connectivity index (χ2v) is 7.57. The second kappa shape index (κ2) is 7.44. The van der Waals surface area contributed by atoms with E-state index in [-0.39, 0.29) is 42.3 Å². The van der Waals surface area contributed by atoms with Crippen LogP contribution in [0.15, 0.2) is 47.3 Å². The molecule has 1 saturated heterocycles. The van der Waals surface area contributed by atoms with E-state index in [0.717, 1.165) is 5.56 Å². The maximum absolute atomic E-state index is 13.1. The van der Waals surface area contributed by atoms with Gasteiger partial charge >= 0.3 is 0 Å². The van der Waals surface area contributed by atoms with Gasteiger partial charge in [-0.15, -0.1) is 0 Å². The lowest BCUT2D eigenvalue weighted by atomic mass is 9.88. The Morgan fingerprint density at radius 2 is 1.93 bits per heavy atom. The fourth-order valence-electron chi connectivity index (χ4n) is 4.70. The number of hydrogen-bond donors (Lipinski definition) is 2. The molecule has 7 nitrogen and oxygen atoms in total. The van der Waals surface area contributed by atoms with E-state index in [2.05, 4.69) is 5.32 Å². The lowest BCUT2D eigenvalue weighted by Crippen LogP contribution is -2.49. The molecule has 0 unspecified atom stereocenters. The third-order valence-electron chi connectivity index (χ3n) is 5.96. The van der Waals surface area contributed by atoms with Crippen LogP contribution in [0.5, 0.6) is 0 Å². The average molecular weight is 399 g/mol. The summed E-state index contributed by atoms with van der Waals surface area (Å²) >= 11 is 0. The highest BCUT2D eigenvalue weighted by atomic mass is 19.1. The predicted molar refractivity (Wildman–Crippen MR) is 102 cm³/mol. The van der Waals surface area contributed by atoms with Crippen molar-refractivity contribution in [1.82, 2.24) is 14.8 Å². The van der Waals surface area contributed by atoms with Gasteiger partial charge in [-0.25, -0.2) is 4.39 Å². The van der Waals surface area contributed by atoms with E-state index in [1.54, 1.807) is 28.8 Å². The van der Waals surface area contributed by atoms with E-state index in [9.17, 15) is 23.9 Å². The Labute approximate surface area is 166 Å². The molecule has 0 saturated carbocycles. The van der Waals surface area contributed by atoms with Crippen LogP contribution in [0.2, 0.25) is 0 Å². The Balaban J connectivity index is 1.62. The van der Waals surface area contributed by atoms with E-state index in [4.69, 9.17) is 0 Å². The molecule has 4 atom stereocenters. The lowest BCUT2D eigenvalue weighted by Gasteiger charge is -2.30. The number of aromatic nitrogens is 1. The number of aliphatic hydroxyl groups is 1. The molecule has 0 spiro atoms. The summed E-state index contributed by atoms with van der Waals surface area (Å²) < 4.78 is 14.7. The summed E-state index contributed by atoms with van der Waals surface area (Å²) in [6.07, 6.45) is 0. The van der Waals surface area contributed by atoms with Crippen LogP contribution in [0.25, 0.3) is 0 Å². The minimum absolute atomic E-state index is 0.158. The van der Waals surface area contributed by atoms with E-state index in [0.29, 0.717) is 12.2 Å². The van der Waals surface area contributed by atoms with Gasteiger partial charge in [-0.05, 0) is 23.8 Å². The van der Waals surface area contributed by atoms with Gasteiger partial charge < -0.3 is 19.9 Å². The van der Waals surface area contributed by atoms with Crippen LogP contribution in [0.3, 0.4) is 0 Å². The van der Waals surface area contributed by atoms with Crippen molar-refractivity contribution in [2.24, 2.45) is 11.8 Å². The number of carbonyl (C=O) groups excluding carboxylic acids is 2. The molecule has 0 aliphatic carbocycles. The highest BCUT2D eigenvalue weighted by Crippen LogP contribution is 2.48. The number of nitrogens with one attached hydrogen (secondary N) is 1. The van der Waals surface area contributed by atoms with Crippen LogP contribution in [0, 0.1) is 17.7 Å². The van der Waals surface area contributed by atoms with Gasteiger partial charge in [-0.2, -0.15) is 0 Å². The first-order valence-electron chi connectivity index (χ1n) is 9.54. The minimum atomic E-state index is -0.836. The number of pyridine rings is 1. The maximum Gasteiger partial charge on any atom is 0.250 e. The van der Waals surface area contributed by atoms with E-state index >= 15 is 0 Å². The first kappa shape index (κ1) is 19.3. The molecular weight excluding hydrogens is 377 g/mol. The Morgan fingerprint density at radius 1 is 1.21 bits per heavy atom. The number of hydrogen-bond acceptors (Lipinski definition) is 4. The summed E-state index contributed by atoms with van der Waals surface area (Å²) in [5, 5.41) is 12.8. The molecule has 2 aliphatic heterocycles. The van der Waals surface area contributed by atoms with Gasteiger partial charge in [0.2, 0.25) is 11.8 Å². The Kier molecular flexibility index (Phi) is 4.96. The van der Waals surface area contributed by atoms with E-state index < -0.39 is 18.0 Å². The van der Waals surface area contributed by atoms with Gasteiger partial charge in [0.05, 0.1) is 6.04 Å². The molecule has 0 bridgehead atoms. The quantitative estimate of drug-likeness (QED) is 0.796. The van der Waals surface area contributed by atoms with Crippen molar-refractivity contribution in [2.45, 2.75) is 32.1 Å². The highest BCUT2D eigenvalue weighted by Gasteiger charge is 2.56. The van der Waals surface area contributed by atoms with Gasteiger partial charge in [-0.1, -0.05) is 18.2 Å². The molecule has 29 heavy (non-hydrogen) atoms. The highest BCUT2D eigenvalue weighted by molar-refractivity contribution is 5.88. The molecule has 2 N–H and O–H groups in total. The van der Waals surface area contributed by atoms with Crippen molar-refractivity contribution in [1.29, 1.82) is 0 Å². The minimum Gasteiger partial charge on any atom is -0.396 e. The monoisotopic (exact) mass is 399 g/mol. The summed E-state index contributed by atoms with van der Waals surface area (Å²) in [6.45, 7) is 1.66. The number of likely N-dealkylation sites (tertiary alicyclic amines) is 1. The van der Waals surface area contributed by atoms with Crippen LogP contribution in [-0.2, 0) is 22.7 Å². The lowest BCUT2D eigenvalue weighted by molar-refractivity contribution is -0.140.